The summed E-state index contributed by atoms with van der Waals surface area (Å²) in [5.74, 6) is -0.648. The Bertz CT molecular complexity index is 1360. The third-order valence-corrected chi connectivity index (χ3v) is 6.51. The number of aryl methyl sites for hydroxylation is 1. The van der Waals surface area contributed by atoms with E-state index < -0.39 is 5.89 Å². The molecular formula is C25H21NS. The summed E-state index contributed by atoms with van der Waals surface area (Å²) in [5, 5.41) is 5.20. The van der Waals surface area contributed by atoms with Gasteiger partial charge in [-0.3, -0.25) is 4.98 Å². The zero-order valence-corrected chi connectivity index (χ0v) is 16.5. The van der Waals surface area contributed by atoms with Crippen molar-refractivity contribution in [1.29, 1.82) is 0 Å². The van der Waals surface area contributed by atoms with Crippen LogP contribution in [0.2, 0.25) is 0 Å². The highest BCUT2D eigenvalue weighted by molar-refractivity contribution is 7.26. The van der Waals surface area contributed by atoms with E-state index in [2.05, 4.69) is 61.5 Å². The lowest BCUT2D eigenvalue weighted by Crippen LogP contribution is -1.91. The van der Waals surface area contributed by atoms with Crippen molar-refractivity contribution in [2.75, 3.05) is 0 Å². The fourth-order valence-corrected chi connectivity index (χ4v) is 5.17. The maximum Gasteiger partial charge on any atom is 0.0719 e. The first kappa shape index (κ1) is 15.4. The van der Waals surface area contributed by atoms with Crippen LogP contribution in [-0.2, 0) is 0 Å². The lowest BCUT2D eigenvalue weighted by Gasteiger charge is -2.11. The predicted octanol–water partition coefficient (Wildman–Crippen LogP) is 7.70. The average Bonchev–Trinajstić information content (AvgIpc) is 3.06. The van der Waals surface area contributed by atoms with Crippen LogP contribution >= 0.6 is 11.3 Å². The van der Waals surface area contributed by atoms with E-state index in [4.69, 9.17) is 6.35 Å². The maximum absolute atomic E-state index is 8.42. The molecule has 2 aromatic heterocycles. The molecule has 5 rings (SSSR count). The van der Waals surface area contributed by atoms with Gasteiger partial charge in [0.15, 0.2) is 0 Å². The summed E-state index contributed by atoms with van der Waals surface area (Å²) < 4.78 is 11.0. The normalized spacial score (nSPS) is 12.8. The van der Waals surface area contributed by atoms with Crippen molar-refractivity contribution in [1.82, 2.24) is 4.98 Å². The van der Waals surface area contributed by atoms with Crippen molar-refractivity contribution >= 4 is 42.3 Å². The van der Waals surface area contributed by atoms with Crippen LogP contribution in [0.3, 0.4) is 0 Å². The Labute approximate surface area is 164 Å². The van der Waals surface area contributed by atoms with E-state index in [-0.39, 0.29) is 0 Å². The lowest BCUT2D eigenvalue weighted by molar-refractivity contribution is 0.864. The summed E-state index contributed by atoms with van der Waals surface area (Å²) in [5.41, 5.74) is 4.38. The Morgan fingerprint density at radius 2 is 1.81 bits per heavy atom. The van der Waals surface area contributed by atoms with Gasteiger partial charge in [0.2, 0.25) is 0 Å². The van der Waals surface area contributed by atoms with Crippen LogP contribution in [0.25, 0.3) is 42.2 Å². The van der Waals surface area contributed by atoms with Crippen molar-refractivity contribution in [3.8, 4) is 11.3 Å². The summed E-state index contributed by atoms with van der Waals surface area (Å²) in [4.78, 5) is 4.70. The number of hydrogen-bond acceptors (Lipinski definition) is 2. The molecule has 0 fully saturated rings. The molecule has 132 valence electrons. The van der Waals surface area contributed by atoms with Crippen LogP contribution in [0.1, 0.15) is 32.2 Å². The Kier molecular flexibility index (Phi) is 3.51. The molecule has 2 heteroatoms. The van der Waals surface area contributed by atoms with Crippen molar-refractivity contribution in [2.45, 2.75) is 26.7 Å². The Morgan fingerprint density at radius 3 is 2.67 bits per heavy atom. The second kappa shape index (κ2) is 6.17. The first-order chi connectivity index (χ1) is 13.4. The zero-order valence-electron chi connectivity index (χ0n) is 16.7. The molecule has 0 bridgehead atoms. The van der Waals surface area contributed by atoms with Crippen molar-refractivity contribution in [3.63, 3.8) is 0 Å². The van der Waals surface area contributed by atoms with Crippen LogP contribution in [-0.4, -0.2) is 4.98 Å². The standard InChI is InChI=1S/C25H21NS/c1-15(2)17-11-12-26-21(14-17)20-13-18-8-6-7-16(3)23(18)24-19-9-4-5-10-22(19)27-25(20)24/h4-15H,1-3H3/i15D. The molecule has 2 heterocycles. The van der Waals surface area contributed by atoms with E-state index in [0.717, 1.165) is 16.8 Å². The van der Waals surface area contributed by atoms with Crippen LogP contribution < -0.4 is 0 Å². The van der Waals surface area contributed by atoms with Gasteiger partial charge in [-0.05, 0) is 59.0 Å². The van der Waals surface area contributed by atoms with Crippen LogP contribution in [0.15, 0.2) is 66.9 Å². The van der Waals surface area contributed by atoms with Crippen LogP contribution in [0, 0.1) is 6.92 Å². The summed E-state index contributed by atoms with van der Waals surface area (Å²) in [6.45, 7) is 6.03. The highest BCUT2D eigenvalue weighted by atomic mass is 32.1. The highest BCUT2D eigenvalue weighted by Gasteiger charge is 2.16. The molecule has 0 atom stereocenters. The second-order valence-electron chi connectivity index (χ2n) is 7.33. The van der Waals surface area contributed by atoms with Gasteiger partial charge in [-0.25, -0.2) is 0 Å². The van der Waals surface area contributed by atoms with Crippen LogP contribution in [0.4, 0.5) is 0 Å². The molecule has 5 aromatic rings. The van der Waals surface area contributed by atoms with Crippen molar-refractivity contribution < 1.29 is 1.37 Å². The number of hydrogen-bond donors (Lipinski definition) is 0. The number of pyridine rings is 1. The molecule has 0 aliphatic carbocycles. The quantitative estimate of drug-likeness (QED) is 0.311. The molecule has 1 nitrogen and oxygen atoms in total. The summed E-state index contributed by atoms with van der Waals surface area (Å²) in [6, 6.07) is 21.4. The molecular weight excluding hydrogens is 346 g/mol. The number of benzene rings is 3. The molecule has 27 heavy (non-hydrogen) atoms. The van der Waals surface area contributed by atoms with Gasteiger partial charge in [0.25, 0.3) is 0 Å². The average molecular weight is 369 g/mol. The third-order valence-electron chi connectivity index (χ3n) is 5.31. The molecule has 0 aliphatic heterocycles. The first-order valence-electron chi connectivity index (χ1n) is 9.74. The van der Waals surface area contributed by atoms with Gasteiger partial charge < -0.3 is 0 Å². The number of nitrogens with zero attached hydrogens (tertiary/aromatic N) is 1. The lowest BCUT2D eigenvalue weighted by atomic mass is 9.95. The van der Waals surface area contributed by atoms with E-state index in [0.29, 0.717) is 0 Å². The summed E-state index contributed by atoms with van der Waals surface area (Å²) >= 11 is 1.83. The first-order valence-corrected chi connectivity index (χ1v) is 10.1. The fraction of sp³-hybridized carbons (Fsp3) is 0.160. The topological polar surface area (TPSA) is 12.9 Å². The van der Waals surface area contributed by atoms with Crippen molar-refractivity contribution in [3.05, 3.63) is 78.0 Å². The highest BCUT2D eigenvalue weighted by Crippen LogP contribution is 2.44. The van der Waals surface area contributed by atoms with E-state index in [9.17, 15) is 0 Å². The maximum atomic E-state index is 8.42. The minimum atomic E-state index is -0.648. The summed E-state index contributed by atoms with van der Waals surface area (Å²) in [7, 11) is 0. The zero-order chi connectivity index (χ0) is 19.5. The van der Waals surface area contributed by atoms with Gasteiger partial charge >= 0.3 is 0 Å². The van der Waals surface area contributed by atoms with Crippen molar-refractivity contribution in [2.24, 2.45) is 0 Å². The molecule has 0 saturated heterocycles. The molecule has 0 radical (unpaired) electrons. The minimum Gasteiger partial charge on any atom is -0.256 e. The van der Waals surface area contributed by atoms with E-state index in [1.165, 1.54) is 36.5 Å². The predicted molar refractivity (Wildman–Crippen MR) is 119 cm³/mol. The molecule has 0 N–H and O–H groups in total. The van der Waals surface area contributed by atoms with E-state index in [1.807, 2.05) is 37.4 Å². The molecule has 3 aromatic carbocycles. The summed E-state index contributed by atoms with van der Waals surface area (Å²) in [6.07, 6.45) is 1.83. The van der Waals surface area contributed by atoms with E-state index in [1.54, 1.807) is 0 Å². The smallest absolute Gasteiger partial charge is 0.0719 e. The minimum absolute atomic E-state index is 0.648. The van der Waals surface area contributed by atoms with Gasteiger partial charge in [0.1, 0.15) is 0 Å². The fourth-order valence-electron chi connectivity index (χ4n) is 3.94. The Hall–Kier alpha value is -2.71. The Balaban J connectivity index is 1.95. The van der Waals surface area contributed by atoms with Gasteiger partial charge in [-0.2, -0.15) is 0 Å². The monoisotopic (exact) mass is 368 g/mol. The van der Waals surface area contributed by atoms with Gasteiger partial charge in [-0.15, -0.1) is 11.3 Å². The largest absolute Gasteiger partial charge is 0.256 e. The number of thiophene rings is 1. The molecule has 0 aliphatic rings. The SMILES string of the molecule is [2H]C(C)(C)c1ccnc(-c2cc3cccc(C)c3c3c2sc2ccccc23)c1. The Morgan fingerprint density at radius 1 is 0.963 bits per heavy atom. The second-order valence-corrected chi connectivity index (χ2v) is 8.38. The van der Waals surface area contributed by atoms with Crippen LogP contribution in [0.5, 0.6) is 0 Å². The molecule has 0 spiro atoms. The van der Waals surface area contributed by atoms with Gasteiger partial charge in [0.05, 0.1) is 5.69 Å². The third kappa shape index (κ3) is 2.55. The number of aromatic nitrogens is 1. The number of rotatable bonds is 2. The molecule has 0 saturated carbocycles. The number of fused-ring (bicyclic) bond motifs is 5. The van der Waals surface area contributed by atoms with Gasteiger partial charge in [0, 0.05) is 33.3 Å². The van der Waals surface area contributed by atoms with Gasteiger partial charge in [-0.1, -0.05) is 50.2 Å². The van der Waals surface area contributed by atoms with E-state index >= 15 is 0 Å². The molecule has 0 unspecified atom stereocenters. The molecule has 0 amide bonds.